The summed E-state index contributed by atoms with van der Waals surface area (Å²) in [6.45, 7) is 2.18. The monoisotopic (exact) mass is 217 g/mol. The van der Waals surface area contributed by atoms with E-state index in [2.05, 4.69) is 17.2 Å². The highest BCUT2D eigenvalue weighted by atomic mass is 16.5. The molecule has 1 N–H and O–H groups in total. The Bertz CT molecular complexity index is 398. The molecule has 0 saturated heterocycles. The average Bonchev–Trinajstić information content (AvgIpc) is 2.30. The normalized spacial score (nSPS) is 8.88. The lowest BCUT2D eigenvalue weighted by Gasteiger charge is -1.98. The molecule has 16 heavy (non-hydrogen) atoms. The van der Waals surface area contributed by atoms with Crippen LogP contribution in [0.1, 0.15) is 18.9 Å². The van der Waals surface area contributed by atoms with Crippen molar-refractivity contribution in [2.24, 2.45) is 0 Å². The summed E-state index contributed by atoms with van der Waals surface area (Å²) in [6, 6.07) is 7.69. The van der Waals surface area contributed by atoms with Gasteiger partial charge in [-0.25, -0.2) is 0 Å². The summed E-state index contributed by atoms with van der Waals surface area (Å²) < 4.78 is 4.76. The van der Waals surface area contributed by atoms with E-state index in [0.717, 1.165) is 11.3 Å². The van der Waals surface area contributed by atoms with Crippen LogP contribution in [-0.4, -0.2) is 19.6 Å². The van der Waals surface area contributed by atoms with Gasteiger partial charge in [-0.2, -0.15) is 0 Å². The molecule has 0 bridgehead atoms. The highest BCUT2D eigenvalue weighted by Crippen LogP contribution is 2.07. The van der Waals surface area contributed by atoms with Crippen LogP contribution in [0.2, 0.25) is 0 Å². The maximum absolute atomic E-state index is 11.0. The van der Waals surface area contributed by atoms with Crippen molar-refractivity contribution in [3.63, 3.8) is 0 Å². The third-order valence-corrected chi connectivity index (χ3v) is 1.94. The number of rotatable bonds is 3. The predicted octanol–water partition coefficient (Wildman–Crippen LogP) is 2.03. The van der Waals surface area contributed by atoms with Gasteiger partial charge in [0.25, 0.3) is 0 Å². The van der Waals surface area contributed by atoms with Crippen LogP contribution < -0.4 is 5.32 Å². The topological polar surface area (TPSA) is 38.3 Å². The van der Waals surface area contributed by atoms with E-state index < -0.39 is 0 Å². The Morgan fingerprint density at radius 1 is 1.38 bits per heavy atom. The molecule has 3 heteroatoms. The summed E-state index contributed by atoms with van der Waals surface area (Å²) in [7, 11) is 1.86. The van der Waals surface area contributed by atoms with E-state index in [-0.39, 0.29) is 12.4 Å². The molecule has 0 amide bonds. The number of ether oxygens (including phenoxy) is 1. The zero-order valence-electron chi connectivity index (χ0n) is 9.54. The summed E-state index contributed by atoms with van der Waals surface area (Å²) in [5.41, 5.74) is 1.93. The van der Waals surface area contributed by atoms with E-state index in [0.29, 0.717) is 6.61 Å². The Balaban J connectivity index is 2.53. The van der Waals surface area contributed by atoms with Crippen molar-refractivity contribution in [2.75, 3.05) is 19.0 Å². The molecular formula is C13H15NO2. The number of anilines is 1. The number of esters is 1. The van der Waals surface area contributed by atoms with Crippen LogP contribution in [0.3, 0.4) is 0 Å². The Kier molecular flexibility index (Phi) is 4.94. The molecule has 0 heterocycles. The first-order valence-corrected chi connectivity index (χ1v) is 5.18. The Labute approximate surface area is 95.8 Å². The minimum absolute atomic E-state index is 0.140. The quantitative estimate of drug-likeness (QED) is 0.622. The largest absolute Gasteiger partial charge is 0.465 e. The van der Waals surface area contributed by atoms with Gasteiger partial charge in [0, 0.05) is 18.3 Å². The van der Waals surface area contributed by atoms with Crippen molar-refractivity contribution in [1.29, 1.82) is 0 Å². The lowest BCUT2D eigenvalue weighted by molar-refractivity contribution is -0.141. The number of benzene rings is 1. The molecule has 1 aromatic rings. The molecule has 0 unspecified atom stereocenters. The molecule has 0 aliphatic carbocycles. The van der Waals surface area contributed by atoms with Crippen LogP contribution in [0.15, 0.2) is 24.3 Å². The summed E-state index contributed by atoms with van der Waals surface area (Å²) in [6.07, 6.45) is 0.140. The van der Waals surface area contributed by atoms with E-state index in [1.165, 1.54) is 0 Å². The van der Waals surface area contributed by atoms with Crippen molar-refractivity contribution in [3.05, 3.63) is 29.8 Å². The fraction of sp³-hybridized carbons (Fsp3) is 0.308. The Morgan fingerprint density at radius 3 is 2.62 bits per heavy atom. The van der Waals surface area contributed by atoms with Gasteiger partial charge >= 0.3 is 5.97 Å². The highest BCUT2D eigenvalue weighted by molar-refractivity contribution is 5.72. The Morgan fingerprint density at radius 2 is 2.06 bits per heavy atom. The highest BCUT2D eigenvalue weighted by Gasteiger charge is 1.96. The van der Waals surface area contributed by atoms with Gasteiger partial charge < -0.3 is 10.1 Å². The standard InChI is InChI=1S/C13H15NO2/c1-3-16-13(15)6-4-5-11-7-9-12(14-2)10-8-11/h7-10,14H,3,6H2,1-2H3. The van der Waals surface area contributed by atoms with Crippen molar-refractivity contribution in [3.8, 4) is 11.8 Å². The minimum atomic E-state index is -0.276. The van der Waals surface area contributed by atoms with Crippen LogP contribution in [0.25, 0.3) is 0 Å². The summed E-state index contributed by atoms with van der Waals surface area (Å²) in [5.74, 6) is 5.41. The number of nitrogens with one attached hydrogen (secondary N) is 1. The molecule has 3 nitrogen and oxygen atoms in total. The van der Waals surface area contributed by atoms with Crippen LogP contribution in [-0.2, 0) is 9.53 Å². The van der Waals surface area contributed by atoms with Crippen LogP contribution in [0, 0.1) is 11.8 Å². The zero-order valence-corrected chi connectivity index (χ0v) is 9.54. The van der Waals surface area contributed by atoms with Crippen molar-refractivity contribution in [1.82, 2.24) is 0 Å². The summed E-state index contributed by atoms with van der Waals surface area (Å²) in [5, 5.41) is 3.02. The lowest BCUT2D eigenvalue weighted by atomic mass is 10.2. The van der Waals surface area contributed by atoms with Crippen molar-refractivity contribution >= 4 is 11.7 Å². The smallest absolute Gasteiger partial charge is 0.317 e. The minimum Gasteiger partial charge on any atom is -0.465 e. The van der Waals surface area contributed by atoms with E-state index in [1.54, 1.807) is 6.92 Å². The van der Waals surface area contributed by atoms with Crippen molar-refractivity contribution < 1.29 is 9.53 Å². The molecule has 0 aromatic heterocycles. The van der Waals surface area contributed by atoms with Gasteiger partial charge in [-0.3, -0.25) is 4.79 Å². The second-order valence-electron chi connectivity index (χ2n) is 3.11. The molecule has 0 aliphatic rings. The fourth-order valence-electron chi connectivity index (χ4n) is 1.15. The van der Waals surface area contributed by atoms with Gasteiger partial charge in [0.05, 0.1) is 6.61 Å². The Hall–Kier alpha value is -1.95. The van der Waals surface area contributed by atoms with Gasteiger partial charge in [0.1, 0.15) is 6.42 Å². The number of carbonyl (C=O) groups is 1. The molecule has 84 valence electrons. The van der Waals surface area contributed by atoms with Crippen LogP contribution in [0.5, 0.6) is 0 Å². The van der Waals surface area contributed by atoms with E-state index >= 15 is 0 Å². The lowest BCUT2D eigenvalue weighted by Crippen LogP contribution is -2.01. The number of hydrogen-bond donors (Lipinski definition) is 1. The molecule has 0 fully saturated rings. The molecule has 0 atom stereocenters. The maximum atomic E-state index is 11.0. The zero-order chi connectivity index (χ0) is 11.8. The second-order valence-corrected chi connectivity index (χ2v) is 3.11. The molecule has 1 aromatic carbocycles. The third kappa shape index (κ3) is 4.05. The second kappa shape index (κ2) is 6.52. The van der Waals surface area contributed by atoms with Gasteiger partial charge in [-0.05, 0) is 31.2 Å². The van der Waals surface area contributed by atoms with Crippen molar-refractivity contribution in [2.45, 2.75) is 13.3 Å². The SMILES string of the molecule is CCOC(=O)CC#Cc1ccc(NC)cc1. The van der Waals surface area contributed by atoms with Crippen LogP contribution >= 0.6 is 0 Å². The molecule has 0 radical (unpaired) electrons. The third-order valence-electron chi connectivity index (χ3n) is 1.94. The maximum Gasteiger partial charge on any atom is 0.317 e. The summed E-state index contributed by atoms with van der Waals surface area (Å²) in [4.78, 5) is 11.0. The first kappa shape index (κ1) is 12.1. The molecule has 0 aliphatic heterocycles. The van der Waals surface area contributed by atoms with Gasteiger partial charge in [-0.1, -0.05) is 11.8 Å². The van der Waals surface area contributed by atoms with Gasteiger partial charge in [0.15, 0.2) is 0 Å². The summed E-state index contributed by atoms with van der Waals surface area (Å²) >= 11 is 0. The van der Waals surface area contributed by atoms with Crippen LogP contribution in [0.4, 0.5) is 5.69 Å². The van der Waals surface area contributed by atoms with Gasteiger partial charge in [0.2, 0.25) is 0 Å². The molecule has 0 saturated carbocycles. The molecular weight excluding hydrogens is 202 g/mol. The van der Waals surface area contributed by atoms with E-state index in [1.807, 2.05) is 31.3 Å². The van der Waals surface area contributed by atoms with Gasteiger partial charge in [-0.15, -0.1) is 0 Å². The number of carbonyl (C=O) groups excluding carboxylic acids is 1. The van der Waals surface area contributed by atoms with E-state index in [9.17, 15) is 4.79 Å². The first-order valence-electron chi connectivity index (χ1n) is 5.18. The molecule has 0 spiro atoms. The first-order chi connectivity index (χ1) is 7.76. The predicted molar refractivity (Wildman–Crippen MR) is 64.1 cm³/mol. The van der Waals surface area contributed by atoms with E-state index in [4.69, 9.17) is 4.74 Å². The fourth-order valence-corrected chi connectivity index (χ4v) is 1.15. The molecule has 1 rings (SSSR count). The average molecular weight is 217 g/mol. The number of hydrogen-bond acceptors (Lipinski definition) is 3.